The standard InChI is InChI=1S/C16H22N4O3/c1-20-10-18-19-16(20)11-7-12(14(21)8-11)9-17-15(22)5-4-13-3-2-6-23-13/h2-3,6,10-12,14,21H,4-5,7-9H2,1H3,(H,17,22)/t11-,12+,14+/m0/s1. The van der Waals surface area contributed by atoms with Crippen molar-refractivity contribution in [3.63, 3.8) is 0 Å². The van der Waals surface area contributed by atoms with E-state index in [1.165, 1.54) is 0 Å². The van der Waals surface area contributed by atoms with E-state index in [4.69, 9.17) is 4.42 Å². The van der Waals surface area contributed by atoms with Crippen LogP contribution in [0.15, 0.2) is 29.1 Å². The van der Waals surface area contributed by atoms with E-state index < -0.39 is 6.10 Å². The summed E-state index contributed by atoms with van der Waals surface area (Å²) in [4.78, 5) is 11.9. The monoisotopic (exact) mass is 318 g/mol. The van der Waals surface area contributed by atoms with Crippen molar-refractivity contribution < 1.29 is 14.3 Å². The van der Waals surface area contributed by atoms with Crippen LogP contribution in [0.4, 0.5) is 0 Å². The number of hydrogen-bond acceptors (Lipinski definition) is 5. The number of carbonyl (C=O) groups excluding carboxylic acids is 1. The molecule has 0 saturated heterocycles. The molecular formula is C16H22N4O3. The summed E-state index contributed by atoms with van der Waals surface area (Å²) in [6.45, 7) is 0.493. The minimum atomic E-state index is -0.415. The van der Waals surface area contributed by atoms with Gasteiger partial charge < -0.3 is 19.4 Å². The molecule has 0 aromatic carbocycles. The molecule has 2 aromatic heterocycles. The Morgan fingerprint density at radius 3 is 3.09 bits per heavy atom. The van der Waals surface area contributed by atoms with Crippen LogP contribution in [-0.4, -0.2) is 38.4 Å². The third-order valence-electron chi connectivity index (χ3n) is 4.51. The van der Waals surface area contributed by atoms with E-state index in [9.17, 15) is 9.90 Å². The number of furan rings is 1. The quantitative estimate of drug-likeness (QED) is 0.829. The smallest absolute Gasteiger partial charge is 0.220 e. The van der Waals surface area contributed by atoms with E-state index in [1.807, 2.05) is 23.7 Å². The summed E-state index contributed by atoms with van der Waals surface area (Å²) < 4.78 is 7.10. The Morgan fingerprint density at radius 1 is 1.52 bits per heavy atom. The largest absolute Gasteiger partial charge is 0.469 e. The van der Waals surface area contributed by atoms with Crippen molar-refractivity contribution in [3.8, 4) is 0 Å². The van der Waals surface area contributed by atoms with Gasteiger partial charge in [0.1, 0.15) is 17.9 Å². The van der Waals surface area contributed by atoms with Gasteiger partial charge in [-0.25, -0.2) is 0 Å². The van der Waals surface area contributed by atoms with Crippen LogP contribution >= 0.6 is 0 Å². The molecule has 0 radical (unpaired) electrons. The van der Waals surface area contributed by atoms with Crippen molar-refractivity contribution in [2.45, 2.75) is 37.7 Å². The van der Waals surface area contributed by atoms with Crippen LogP contribution in [0, 0.1) is 5.92 Å². The van der Waals surface area contributed by atoms with Gasteiger partial charge in [-0.15, -0.1) is 10.2 Å². The summed E-state index contributed by atoms with van der Waals surface area (Å²) in [7, 11) is 1.91. The van der Waals surface area contributed by atoms with Crippen molar-refractivity contribution >= 4 is 5.91 Å². The Labute approximate surface area is 134 Å². The molecule has 2 heterocycles. The number of carbonyl (C=O) groups is 1. The molecule has 124 valence electrons. The predicted octanol–water partition coefficient (Wildman–Crippen LogP) is 1.01. The van der Waals surface area contributed by atoms with E-state index in [-0.39, 0.29) is 17.7 Å². The zero-order valence-electron chi connectivity index (χ0n) is 13.2. The minimum absolute atomic E-state index is 0.0179. The summed E-state index contributed by atoms with van der Waals surface area (Å²) in [5.74, 6) is 1.95. The Hall–Kier alpha value is -2.15. The highest BCUT2D eigenvalue weighted by atomic mass is 16.3. The molecule has 1 saturated carbocycles. The number of aryl methyl sites for hydroxylation is 2. The molecule has 2 N–H and O–H groups in total. The van der Waals surface area contributed by atoms with Crippen molar-refractivity contribution in [1.29, 1.82) is 0 Å². The van der Waals surface area contributed by atoms with Gasteiger partial charge in [0.15, 0.2) is 0 Å². The molecule has 3 atom stereocenters. The number of aliphatic hydroxyl groups is 1. The molecule has 23 heavy (non-hydrogen) atoms. The number of hydrogen-bond donors (Lipinski definition) is 2. The normalized spacial score (nSPS) is 24.0. The van der Waals surface area contributed by atoms with Crippen LogP contribution in [0.2, 0.25) is 0 Å². The molecule has 7 nitrogen and oxygen atoms in total. The zero-order valence-corrected chi connectivity index (χ0v) is 13.2. The molecule has 0 bridgehead atoms. The fourth-order valence-corrected chi connectivity index (χ4v) is 3.22. The lowest BCUT2D eigenvalue weighted by atomic mass is 10.0. The van der Waals surface area contributed by atoms with Crippen molar-refractivity contribution in [2.24, 2.45) is 13.0 Å². The van der Waals surface area contributed by atoms with Gasteiger partial charge in [-0.1, -0.05) is 0 Å². The van der Waals surface area contributed by atoms with Gasteiger partial charge in [0.05, 0.1) is 12.4 Å². The van der Waals surface area contributed by atoms with Gasteiger partial charge in [-0.3, -0.25) is 4.79 Å². The lowest BCUT2D eigenvalue weighted by Crippen LogP contribution is -2.32. The summed E-state index contributed by atoms with van der Waals surface area (Å²) >= 11 is 0. The van der Waals surface area contributed by atoms with Crippen molar-refractivity contribution in [3.05, 3.63) is 36.3 Å². The predicted molar refractivity (Wildman–Crippen MR) is 82.5 cm³/mol. The highest BCUT2D eigenvalue weighted by molar-refractivity contribution is 5.76. The number of aliphatic hydroxyl groups excluding tert-OH is 1. The topological polar surface area (TPSA) is 93.2 Å². The zero-order chi connectivity index (χ0) is 16.2. The van der Waals surface area contributed by atoms with Crippen LogP contribution < -0.4 is 5.32 Å². The number of nitrogens with zero attached hydrogens (tertiary/aromatic N) is 3. The van der Waals surface area contributed by atoms with Crippen LogP contribution in [0.3, 0.4) is 0 Å². The third-order valence-corrected chi connectivity index (χ3v) is 4.51. The molecule has 2 aromatic rings. The summed E-state index contributed by atoms with van der Waals surface area (Å²) in [5.41, 5.74) is 0. The second-order valence-electron chi connectivity index (χ2n) is 6.18. The maximum atomic E-state index is 11.9. The van der Waals surface area contributed by atoms with E-state index in [1.54, 1.807) is 12.6 Å². The second kappa shape index (κ2) is 6.95. The summed E-state index contributed by atoms with van der Waals surface area (Å²) in [6.07, 6.45) is 5.32. The van der Waals surface area contributed by atoms with Crippen molar-refractivity contribution in [1.82, 2.24) is 20.1 Å². The van der Waals surface area contributed by atoms with Gasteiger partial charge in [-0.2, -0.15) is 0 Å². The number of rotatable bonds is 6. The van der Waals surface area contributed by atoms with Gasteiger partial charge in [0, 0.05) is 38.3 Å². The molecule has 3 rings (SSSR count). The maximum Gasteiger partial charge on any atom is 0.220 e. The maximum absolute atomic E-state index is 11.9. The Bertz CT molecular complexity index is 638. The SMILES string of the molecule is Cn1cnnc1[C@H]1C[C@H](CNC(=O)CCc2ccco2)[C@H](O)C1. The summed E-state index contributed by atoms with van der Waals surface area (Å²) in [6, 6.07) is 3.67. The van der Waals surface area contributed by atoms with Gasteiger partial charge in [-0.05, 0) is 25.0 Å². The average Bonchev–Trinajstić information content (AvgIpc) is 3.24. The van der Waals surface area contributed by atoms with Crippen molar-refractivity contribution in [2.75, 3.05) is 6.54 Å². The highest BCUT2D eigenvalue weighted by Crippen LogP contribution is 2.37. The van der Waals surface area contributed by atoms with Gasteiger partial charge >= 0.3 is 0 Å². The van der Waals surface area contributed by atoms with Crippen LogP contribution in [0.25, 0.3) is 0 Å². The number of amides is 1. The van der Waals surface area contributed by atoms with E-state index in [0.717, 1.165) is 18.0 Å². The highest BCUT2D eigenvalue weighted by Gasteiger charge is 2.35. The van der Waals surface area contributed by atoms with Gasteiger partial charge in [0.2, 0.25) is 5.91 Å². The van der Waals surface area contributed by atoms with Gasteiger partial charge in [0.25, 0.3) is 0 Å². The molecule has 1 amide bonds. The van der Waals surface area contributed by atoms with E-state index in [2.05, 4.69) is 15.5 Å². The first kappa shape index (κ1) is 15.7. The molecular weight excluding hydrogens is 296 g/mol. The first-order chi connectivity index (χ1) is 11.1. The fourth-order valence-electron chi connectivity index (χ4n) is 3.22. The van der Waals surface area contributed by atoms with E-state index >= 15 is 0 Å². The number of nitrogens with one attached hydrogen (secondary N) is 1. The second-order valence-corrected chi connectivity index (χ2v) is 6.18. The van der Waals surface area contributed by atoms with Crippen LogP contribution in [-0.2, 0) is 18.3 Å². The lowest BCUT2D eigenvalue weighted by molar-refractivity contribution is -0.121. The molecule has 1 aliphatic carbocycles. The lowest BCUT2D eigenvalue weighted by Gasteiger charge is -2.14. The minimum Gasteiger partial charge on any atom is -0.469 e. The van der Waals surface area contributed by atoms with E-state index in [0.29, 0.717) is 25.8 Å². The molecule has 0 spiro atoms. The molecule has 0 unspecified atom stereocenters. The average molecular weight is 318 g/mol. The third kappa shape index (κ3) is 3.79. The summed E-state index contributed by atoms with van der Waals surface area (Å²) in [5, 5.41) is 21.1. The molecule has 1 fully saturated rings. The van der Waals surface area contributed by atoms with Crippen LogP contribution in [0.1, 0.15) is 36.8 Å². The molecule has 1 aliphatic rings. The Balaban J connectivity index is 1.45. The first-order valence-electron chi connectivity index (χ1n) is 7.94. The Morgan fingerprint density at radius 2 is 2.39 bits per heavy atom. The first-order valence-corrected chi connectivity index (χ1v) is 7.94. The fraction of sp³-hybridized carbons (Fsp3) is 0.562. The Kier molecular flexibility index (Phi) is 4.76. The molecule has 0 aliphatic heterocycles. The number of aromatic nitrogens is 3. The molecule has 7 heteroatoms. The van der Waals surface area contributed by atoms with Crippen LogP contribution in [0.5, 0.6) is 0 Å².